The molecule has 0 bridgehead atoms. The molecule has 1 fully saturated rings. The highest BCUT2D eigenvalue weighted by atomic mass is 16.2. The van der Waals surface area contributed by atoms with Crippen molar-refractivity contribution in [3.05, 3.63) is 0 Å². The fraction of sp³-hybridized carbons (Fsp3) is 0.846. The van der Waals surface area contributed by atoms with Crippen LogP contribution in [0.2, 0.25) is 0 Å². The highest BCUT2D eigenvalue weighted by Gasteiger charge is 2.23. The summed E-state index contributed by atoms with van der Waals surface area (Å²) in [5.41, 5.74) is 0. The van der Waals surface area contributed by atoms with Crippen molar-refractivity contribution in [1.29, 1.82) is 0 Å². The van der Waals surface area contributed by atoms with Gasteiger partial charge in [0.1, 0.15) is 0 Å². The molecule has 18 heavy (non-hydrogen) atoms. The van der Waals surface area contributed by atoms with Gasteiger partial charge in [-0.15, -0.1) is 0 Å². The lowest BCUT2D eigenvalue weighted by atomic mass is 9.84. The third-order valence-corrected chi connectivity index (χ3v) is 3.73. The van der Waals surface area contributed by atoms with E-state index in [1.165, 1.54) is 39.2 Å². The van der Waals surface area contributed by atoms with Crippen LogP contribution in [0.25, 0.3) is 0 Å². The van der Waals surface area contributed by atoms with Crippen LogP contribution in [-0.2, 0) is 4.79 Å². The minimum absolute atomic E-state index is 0.281. The Balaban J connectivity index is 2.35. The van der Waals surface area contributed by atoms with Gasteiger partial charge in [-0.1, -0.05) is 19.3 Å². The zero-order chi connectivity index (χ0) is 13.5. The van der Waals surface area contributed by atoms with E-state index < -0.39 is 6.03 Å². The summed E-state index contributed by atoms with van der Waals surface area (Å²) in [7, 11) is 1.49. The Morgan fingerprint density at radius 1 is 1.11 bits per heavy atom. The van der Waals surface area contributed by atoms with Crippen molar-refractivity contribution in [3.63, 3.8) is 0 Å². The fourth-order valence-corrected chi connectivity index (χ4v) is 2.52. The van der Waals surface area contributed by atoms with Crippen LogP contribution >= 0.6 is 0 Å². The van der Waals surface area contributed by atoms with Gasteiger partial charge in [0.2, 0.25) is 5.91 Å². The minimum atomic E-state index is -0.459. The molecule has 0 aliphatic heterocycles. The summed E-state index contributed by atoms with van der Waals surface area (Å²) in [4.78, 5) is 22.7. The van der Waals surface area contributed by atoms with Crippen molar-refractivity contribution in [2.45, 2.75) is 58.0 Å². The van der Waals surface area contributed by atoms with Gasteiger partial charge in [0.05, 0.1) is 6.04 Å². The Morgan fingerprint density at radius 3 is 2.28 bits per heavy atom. The first-order valence-electron chi connectivity index (χ1n) is 6.83. The molecule has 0 radical (unpaired) electrons. The normalized spacial score (nSPS) is 19.9. The van der Waals surface area contributed by atoms with Gasteiger partial charge in [-0.3, -0.25) is 10.1 Å². The Labute approximate surface area is 109 Å². The van der Waals surface area contributed by atoms with Crippen LogP contribution in [0.4, 0.5) is 4.79 Å². The molecule has 1 unspecified atom stereocenters. The molecule has 0 aromatic heterocycles. The van der Waals surface area contributed by atoms with E-state index in [-0.39, 0.29) is 11.9 Å². The van der Waals surface area contributed by atoms with Gasteiger partial charge in [-0.2, -0.15) is 0 Å². The summed E-state index contributed by atoms with van der Waals surface area (Å²) in [5.74, 6) is 0.367. The molecule has 104 valence electrons. The number of carbonyl (C=O) groups excluding carboxylic acids is 2. The highest BCUT2D eigenvalue weighted by molar-refractivity contribution is 5.96. The molecule has 1 rings (SSSR count). The van der Waals surface area contributed by atoms with Crippen LogP contribution in [0.3, 0.4) is 0 Å². The second kappa shape index (κ2) is 7.36. The number of amides is 3. The molecule has 0 aromatic carbocycles. The average Bonchev–Trinajstić information content (AvgIpc) is 2.39. The maximum absolute atomic E-state index is 11.7. The van der Waals surface area contributed by atoms with Crippen molar-refractivity contribution in [1.82, 2.24) is 16.0 Å². The number of nitrogens with one attached hydrogen (secondary N) is 3. The first kappa shape index (κ1) is 15.0. The standard InChI is InChI=1S/C13H25N3O2/c1-9(11-7-5-4-6-8-11)15-10(2)12(17)16-13(18)14-3/h9-11,15H,4-8H2,1-3H3,(H2,14,16,17,18)/t9-,10?/m1/s1. The summed E-state index contributed by atoms with van der Waals surface area (Å²) in [6, 6.07) is -0.492. The number of carbonyl (C=O) groups is 2. The van der Waals surface area contributed by atoms with E-state index in [4.69, 9.17) is 0 Å². The molecule has 1 saturated carbocycles. The quantitative estimate of drug-likeness (QED) is 0.711. The van der Waals surface area contributed by atoms with Crippen LogP contribution in [0.5, 0.6) is 0 Å². The van der Waals surface area contributed by atoms with Crippen LogP contribution < -0.4 is 16.0 Å². The topological polar surface area (TPSA) is 70.2 Å². The molecule has 5 nitrogen and oxygen atoms in total. The zero-order valence-electron chi connectivity index (χ0n) is 11.6. The van der Waals surface area contributed by atoms with Crippen LogP contribution in [0.15, 0.2) is 0 Å². The van der Waals surface area contributed by atoms with Crippen molar-refractivity contribution in [3.8, 4) is 0 Å². The minimum Gasteiger partial charge on any atom is -0.341 e. The third-order valence-electron chi connectivity index (χ3n) is 3.73. The van der Waals surface area contributed by atoms with Gasteiger partial charge in [0.15, 0.2) is 0 Å². The van der Waals surface area contributed by atoms with E-state index >= 15 is 0 Å². The van der Waals surface area contributed by atoms with Gasteiger partial charge in [-0.05, 0) is 32.6 Å². The Hall–Kier alpha value is -1.10. The molecule has 0 aromatic rings. The number of rotatable bonds is 4. The van der Waals surface area contributed by atoms with Crippen LogP contribution in [-0.4, -0.2) is 31.1 Å². The molecule has 3 N–H and O–H groups in total. The maximum atomic E-state index is 11.7. The number of imide groups is 1. The Bertz CT molecular complexity index is 288. The molecule has 5 heteroatoms. The van der Waals surface area contributed by atoms with Crippen molar-refractivity contribution in [2.24, 2.45) is 5.92 Å². The van der Waals surface area contributed by atoms with Crippen molar-refractivity contribution < 1.29 is 9.59 Å². The Kier molecular flexibility index (Phi) is 6.12. The van der Waals surface area contributed by atoms with E-state index in [1.54, 1.807) is 6.92 Å². The maximum Gasteiger partial charge on any atom is 0.321 e. The van der Waals surface area contributed by atoms with Gasteiger partial charge in [0.25, 0.3) is 0 Å². The first-order chi connectivity index (χ1) is 8.54. The zero-order valence-corrected chi connectivity index (χ0v) is 11.6. The van der Waals surface area contributed by atoms with Crippen molar-refractivity contribution in [2.75, 3.05) is 7.05 Å². The predicted octanol–water partition coefficient (Wildman–Crippen LogP) is 1.39. The fourth-order valence-electron chi connectivity index (χ4n) is 2.52. The van der Waals surface area contributed by atoms with E-state index in [1.807, 2.05) is 0 Å². The molecular formula is C13H25N3O2. The summed E-state index contributed by atoms with van der Waals surface area (Å²) < 4.78 is 0. The van der Waals surface area contributed by atoms with E-state index in [0.29, 0.717) is 12.0 Å². The molecule has 0 heterocycles. The monoisotopic (exact) mass is 255 g/mol. The summed E-state index contributed by atoms with van der Waals surface area (Å²) in [5, 5.41) is 7.94. The molecule has 1 aliphatic rings. The van der Waals surface area contributed by atoms with Gasteiger partial charge in [-0.25, -0.2) is 4.79 Å². The smallest absolute Gasteiger partial charge is 0.321 e. The van der Waals surface area contributed by atoms with Crippen molar-refractivity contribution >= 4 is 11.9 Å². The summed E-state index contributed by atoms with van der Waals surface area (Å²) >= 11 is 0. The number of hydrogen-bond donors (Lipinski definition) is 3. The predicted molar refractivity (Wildman–Crippen MR) is 71.2 cm³/mol. The molecular weight excluding hydrogens is 230 g/mol. The molecule has 1 aliphatic carbocycles. The Morgan fingerprint density at radius 2 is 1.72 bits per heavy atom. The van der Waals surface area contributed by atoms with Crippen LogP contribution in [0, 0.1) is 5.92 Å². The molecule has 0 spiro atoms. The highest BCUT2D eigenvalue weighted by Crippen LogP contribution is 2.26. The lowest BCUT2D eigenvalue weighted by Gasteiger charge is -2.30. The first-order valence-corrected chi connectivity index (χ1v) is 6.83. The number of urea groups is 1. The lowest BCUT2D eigenvalue weighted by molar-refractivity contribution is -0.121. The largest absolute Gasteiger partial charge is 0.341 e. The summed E-state index contributed by atoms with van der Waals surface area (Å²) in [6.07, 6.45) is 6.37. The van der Waals surface area contributed by atoms with Gasteiger partial charge < -0.3 is 10.6 Å². The van der Waals surface area contributed by atoms with Gasteiger partial charge in [0, 0.05) is 13.1 Å². The second-order valence-corrected chi connectivity index (χ2v) is 5.14. The summed E-state index contributed by atoms with van der Waals surface area (Å²) in [6.45, 7) is 3.91. The SMILES string of the molecule is CNC(=O)NC(=O)C(C)N[C@H](C)C1CCCCC1. The van der Waals surface area contributed by atoms with E-state index in [9.17, 15) is 9.59 Å². The van der Waals surface area contributed by atoms with E-state index in [0.717, 1.165) is 0 Å². The third kappa shape index (κ3) is 4.64. The van der Waals surface area contributed by atoms with Gasteiger partial charge >= 0.3 is 6.03 Å². The molecule has 0 saturated heterocycles. The lowest BCUT2D eigenvalue weighted by Crippen LogP contribution is -2.51. The van der Waals surface area contributed by atoms with Crippen LogP contribution in [0.1, 0.15) is 46.0 Å². The molecule has 2 atom stereocenters. The second-order valence-electron chi connectivity index (χ2n) is 5.14. The average molecular weight is 255 g/mol. The number of hydrogen-bond acceptors (Lipinski definition) is 3. The van der Waals surface area contributed by atoms with E-state index in [2.05, 4.69) is 22.9 Å². The molecule has 3 amide bonds.